The van der Waals surface area contributed by atoms with Crippen LogP contribution in [-0.4, -0.2) is 66.0 Å². The fourth-order valence-corrected chi connectivity index (χ4v) is 7.46. The Balaban J connectivity index is 1.06. The van der Waals surface area contributed by atoms with Gasteiger partial charge in [0.1, 0.15) is 0 Å². The highest BCUT2D eigenvalue weighted by Gasteiger charge is 2.51. The van der Waals surface area contributed by atoms with Crippen LogP contribution in [0.3, 0.4) is 0 Å². The molecule has 6 aliphatic rings. The largest absolute Gasteiger partial charge is 0.332 e. The van der Waals surface area contributed by atoms with Crippen LogP contribution in [0.5, 0.6) is 0 Å². The van der Waals surface area contributed by atoms with Gasteiger partial charge in [0, 0.05) is 37.8 Å². The maximum Gasteiger partial charge on any atom is 0.321 e. The van der Waals surface area contributed by atoms with Crippen molar-refractivity contribution >= 4 is 11.9 Å². The molecule has 0 aromatic rings. The minimum Gasteiger partial charge on any atom is -0.332 e. The van der Waals surface area contributed by atoms with Gasteiger partial charge in [-0.3, -0.25) is 19.9 Å². The van der Waals surface area contributed by atoms with Crippen LogP contribution >= 0.6 is 0 Å². The number of amides is 3. The van der Waals surface area contributed by atoms with Gasteiger partial charge in [-0.25, -0.2) is 4.79 Å². The molecule has 6 fully saturated rings. The Bertz CT molecular complexity index is 572. The number of hydrogen-bond donors (Lipinski definition) is 2. The molecule has 4 bridgehead atoms. The molecule has 0 radical (unpaired) electrons. The molecule has 0 aromatic heterocycles. The lowest BCUT2D eigenvalue weighted by Crippen LogP contribution is -2.62. The highest BCUT2D eigenvalue weighted by molar-refractivity contribution is 5.95. The number of rotatable bonds is 4. The molecule has 0 atom stereocenters. The monoisotopic (exact) mass is 388 g/mol. The summed E-state index contributed by atoms with van der Waals surface area (Å²) in [6.07, 6.45) is 12.8. The third-order valence-electron chi connectivity index (χ3n) is 8.29. The number of carbonyl (C=O) groups is 2. The van der Waals surface area contributed by atoms with Gasteiger partial charge in [0.2, 0.25) is 5.91 Å². The van der Waals surface area contributed by atoms with E-state index in [1.165, 1.54) is 44.9 Å². The molecule has 1 heterocycles. The molecule has 0 unspecified atom stereocenters. The number of hydrogen-bond acceptors (Lipinski definition) is 4. The molecular formula is C22H36N4O2. The number of nitrogens with one attached hydrogen (secondary N) is 2. The smallest absolute Gasteiger partial charge is 0.321 e. The van der Waals surface area contributed by atoms with Gasteiger partial charge in [-0.15, -0.1) is 0 Å². The van der Waals surface area contributed by atoms with E-state index in [9.17, 15) is 9.59 Å². The standard InChI is InChI=1S/C22H36N4O2/c27-20(15-25-5-7-26(8-6-25)19-3-1-2-4-19)23-21(28)24-22-12-16-9-17(13-22)11-18(10-16)14-22/h16-19H,1-15H2,(H2,23,24,27,28). The highest BCUT2D eigenvalue weighted by atomic mass is 16.2. The average molecular weight is 389 g/mol. The summed E-state index contributed by atoms with van der Waals surface area (Å²) in [5, 5.41) is 5.86. The second kappa shape index (κ2) is 7.60. The van der Waals surface area contributed by atoms with Crippen LogP contribution in [0, 0.1) is 17.8 Å². The first kappa shape index (κ1) is 18.9. The summed E-state index contributed by atoms with van der Waals surface area (Å²) in [5.74, 6) is 2.21. The second-order valence-corrected chi connectivity index (χ2v) is 10.5. The predicted molar refractivity (Wildman–Crippen MR) is 108 cm³/mol. The minimum absolute atomic E-state index is 0.0357. The van der Waals surface area contributed by atoms with E-state index in [-0.39, 0.29) is 17.5 Å². The first-order valence-corrected chi connectivity index (χ1v) is 11.7. The molecule has 5 aliphatic carbocycles. The summed E-state index contributed by atoms with van der Waals surface area (Å²) in [6.45, 7) is 4.31. The zero-order valence-electron chi connectivity index (χ0n) is 17.1. The maximum atomic E-state index is 12.5. The van der Waals surface area contributed by atoms with Gasteiger partial charge in [-0.2, -0.15) is 0 Å². The molecule has 6 nitrogen and oxygen atoms in total. The molecule has 1 saturated heterocycles. The molecule has 5 saturated carbocycles. The van der Waals surface area contributed by atoms with Crippen LogP contribution in [-0.2, 0) is 4.79 Å². The molecular weight excluding hydrogens is 352 g/mol. The fourth-order valence-electron chi connectivity index (χ4n) is 7.46. The normalized spacial score (nSPS) is 38.6. The molecule has 6 rings (SSSR count). The van der Waals surface area contributed by atoms with Gasteiger partial charge < -0.3 is 5.32 Å². The number of nitrogens with zero attached hydrogens (tertiary/aromatic N) is 2. The van der Waals surface area contributed by atoms with E-state index < -0.39 is 0 Å². The molecule has 156 valence electrons. The molecule has 2 N–H and O–H groups in total. The zero-order chi connectivity index (χ0) is 19.1. The third kappa shape index (κ3) is 3.95. The van der Waals surface area contributed by atoms with Crippen molar-refractivity contribution in [2.24, 2.45) is 17.8 Å². The van der Waals surface area contributed by atoms with Crippen molar-refractivity contribution in [2.75, 3.05) is 32.7 Å². The molecule has 1 aliphatic heterocycles. The Morgan fingerprint density at radius 3 is 2.00 bits per heavy atom. The van der Waals surface area contributed by atoms with E-state index in [1.54, 1.807) is 0 Å². The van der Waals surface area contributed by atoms with Crippen LogP contribution in [0.2, 0.25) is 0 Å². The van der Waals surface area contributed by atoms with Crippen LogP contribution < -0.4 is 10.6 Å². The highest BCUT2D eigenvalue weighted by Crippen LogP contribution is 2.55. The number of piperazine rings is 1. The SMILES string of the molecule is O=C(CN1CCN(C2CCCC2)CC1)NC(=O)NC12CC3CC(CC(C3)C1)C2. The summed E-state index contributed by atoms with van der Waals surface area (Å²) < 4.78 is 0. The van der Waals surface area contributed by atoms with Crippen molar-refractivity contribution in [3.63, 3.8) is 0 Å². The Morgan fingerprint density at radius 1 is 0.857 bits per heavy atom. The molecule has 28 heavy (non-hydrogen) atoms. The first-order valence-electron chi connectivity index (χ1n) is 11.7. The first-order chi connectivity index (χ1) is 13.6. The van der Waals surface area contributed by atoms with Gasteiger partial charge in [-0.05, 0) is 69.1 Å². The lowest BCUT2D eigenvalue weighted by molar-refractivity contribution is -0.121. The van der Waals surface area contributed by atoms with Crippen molar-refractivity contribution < 1.29 is 9.59 Å². The van der Waals surface area contributed by atoms with E-state index in [0.29, 0.717) is 6.54 Å². The van der Waals surface area contributed by atoms with Crippen molar-refractivity contribution in [3.05, 3.63) is 0 Å². The van der Waals surface area contributed by atoms with Crippen molar-refractivity contribution in [3.8, 4) is 0 Å². The molecule has 3 amide bonds. The van der Waals surface area contributed by atoms with Crippen LogP contribution in [0.4, 0.5) is 4.79 Å². The van der Waals surface area contributed by atoms with Crippen LogP contribution in [0.25, 0.3) is 0 Å². The van der Waals surface area contributed by atoms with E-state index in [4.69, 9.17) is 0 Å². The van der Waals surface area contributed by atoms with Crippen molar-refractivity contribution in [2.45, 2.75) is 75.8 Å². The fraction of sp³-hybridized carbons (Fsp3) is 0.909. The summed E-state index contributed by atoms with van der Waals surface area (Å²) in [4.78, 5) is 29.7. The van der Waals surface area contributed by atoms with E-state index >= 15 is 0 Å². The van der Waals surface area contributed by atoms with Gasteiger partial charge in [0.25, 0.3) is 0 Å². The Labute approximate surface area is 168 Å². The molecule has 6 heteroatoms. The average Bonchev–Trinajstić information content (AvgIpc) is 3.15. The second-order valence-electron chi connectivity index (χ2n) is 10.5. The zero-order valence-corrected chi connectivity index (χ0v) is 17.1. The van der Waals surface area contributed by atoms with Crippen LogP contribution in [0.1, 0.15) is 64.2 Å². The van der Waals surface area contributed by atoms with Gasteiger partial charge in [0.05, 0.1) is 6.54 Å². The maximum absolute atomic E-state index is 12.5. The van der Waals surface area contributed by atoms with Gasteiger partial charge in [-0.1, -0.05) is 12.8 Å². The molecule has 0 aromatic carbocycles. The Hall–Kier alpha value is -1.14. The lowest BCUT2D eigenvalue weighted by atomic mass is 9.53. The minimum atomic E-state index is -0.267. The lowest BCUT2D eigenvalue weighted by Gasteiger charge is -2.56. The van der Waals surface area contributed by atoms with Crippen molar-refractivity contribution in [1.82, 2.24) is 20.4 Å². The summed E-state index contributed by atoms with van der Waals surface area (Å²) >= 11 is 0. The number of urea groups is 1. The summed E-state index contributed by atoms with van der Waals surface area (Å²) in [5.41, 5.74) is -0.0357. The van der Waals surface area contributed by atoms with Gasteiger partial charge in [0.15, 0.2) is 0 Å². The van der Waals surface area contributed by atoms with Crippen LogP contribution in [0.15, 0.2) is 0 Å². The molecule has 0 spiro atoms. The number of carbonyl (C=O) groups excluding carboxylic acids is 2. The third-order valence-corrected chi connectivity index (χ3v) is 8.29. The van der Waals surface area contributed by atoms with E-state index in [0.717, 1.165) is 69.2 Å². The number of imide groups is 1. The topological polar surface area (TPSA) is 64.7 Å². The quantitative estimate of drug-likeness (QED) is 0.776. The van der Waals surface area contributed by atoms with Gasteiger partial charge >= 0.3 is 6.03 Å². The predicted octanol–water partition coefficient (Wildman–Crippen LogP) is 2.34. The van der Waals surface area contributed by atoms with E-state index in [2.05, 4.69) is 20.4 Å². The van der Waals surface area contributed by atoms with E-state index in [1.807, 2.05) is 0 Å². The Morgan fingerprint density at radius 2 is 1.43 bits per heavy atom. The Kier molecular flexibility index (Phi) is 5.12. The van der Waals surface area contributed by atoms with Crippen molar-refractivity contribution in [1.29, 1.82) is 0 Å². The summed E-state index contributed by atoms with van der Waals surface area (Å²) in [6, 6.07) is 0.499. The summed E-state index contributed by atoms with van der Waals surface area (Å²) in [7, 11) is 0.